The zero-order valence-electron chi connectivity index (χ0n) is 20.3. The van der Waals surface area contributed by atoms with Gasteiger partial charge in [-0.15, -0.1) is 0 Å². The number of aryl methyl sites for hydroxylation is 1. The average Bonchev–Trinajstić information content (AvgIpc) is 2.85. The summed E-state index contributed by atoms with van der Waals surface area (Å²) in [5.74, 6) is -0.934. The van der Waals surface area contributed by atoms with Crippen molar-refractivity contribution in [1.82, 2.24) is 4.98 Å². The van der Waals surface area contributed by atoms with E-state index in [1.165, 1.54) is 18.2 Å². The van der Waals surface area contributed by atoms with Gasteiger partial charge >= 0.3 is 17.8 Å². The second-order valence-corrected chi connectivity index (χ2v) is 8.69. The van der Waals surface area contributed by atoms with Gasteiger partial charge in [0.05, 0.1) is 32.7 Å². The number of nitrogens with zero attached hydrogens (tertiary/aromatic N) is 2. The second-order valence-electron chi connectivity index (χ2n) is 7.88. The minimum absolute atomic E-state index is 0.0111. The first-order chi connectivity index (χ1) is 18.3. The number of carboxylic acids is 1. The fraction of sp³-hybridized carbons (Fsp3) is 0.154. The summed E-state index contributed by atoms with van der Waals surface area (Å²) in [4.78, 5) is 25.4. The van der Waals surface area contributed by atoms with Gasteiger partial charge in [0.15, 0.2) is 0 Å². The number of hydrogen-bond acceptors (Lipinski definition) is 6. The number of nitro groups is 1. The average molecular weight is 583 g/mol. The zero-order valence-corrected chi connectivity index (χ0v) is 21.8. The molecule has 13 heteroatoms. The molecule has 0 unspecified atom stereocenters. The minimum Gasteiger partial charge on any atom is -0.487 e. The van der Waals surface area contributed by atoms with Gasteiger partial charge in [-0.1, -0.05) is 29.3 Å². The first-order valence-electron chi connectivity index (χ1n) is 11.1. The molecule has 8 nitrogen and oxygen atoms in total. The van der Waals surface area contributed by atoms with E-state index in [4.69, 9.17) is 37.8 Å². The number of ether oxygens (including phenoxy) is 2. The molecule has 39 heavy (non-hydrogen) atoms. The van der Waals surface area contributed by atoms with E-state index in [0.717, 1.165) is 29.1 Å². The van der Waals surface area contributed by atoms with E-state index >= 15 is 0 Å². The molecule has 1 N–H and O–H groups in total. The number of aromatic carboxylic acids is 1. The number of aromatic nitrogens is 1. The molecule has 0 aliphatic rings. The number of alkyl halides is 3. The molecule has 0 fully saturated rings. The number of fused-ring (bicyclic) bond motifs is 1. The topological polar surface area (TPSA) is 112 Å². The Balaban J connectivity index is 0.000000239. The maximum absolute atomic E-state index is 12.6. The standard InChI is InChI=1S/C15H11ClF3NO4.C11H8ClNO2/c1-2-23-14-8-10(4-5-12(14)20(21)22)24-13-6-3-9(7-11(13)16)15(17,18)19;1-6-4-7-2-3-8(12)9(11(14)15)10(7)13-5-6/h3-8H,2H2,1H3;2-5H,1H3,(H,14,15). The number of carboxylic acid groups (broad SMARTS) is 1. The van der Waals surface area contributed by atoms with Crippen LogP contribution in [-0.4, -0.2) is 27.6 Å². The van der Waals surface area contributed by atoms with E-state index in [2.05, 4.69) is 4.98 Å². The van der Waals surface area contributed by atoms with Crippen molar-refractivity contribution in [3.63, 3.8) is 0 Å². The van der Waals surface area contributed by atoms with E-state index in [1.807, 2.05) is 13.0 Å². The van der Waals surface area contributed by atoms with Gasteiger partial charge in [0.1, 0.15) is 17.1 Å². The highest BCUT2D eigenvalue weighted by molar-refractivity contribution is 6.35. The number of nitro benzene ring substituents is 1. The van der Waals surface area contributed by atoms with Crippen LogP contribution < -0.4 is 9.47 Å². The minimum atomic E-state index is -4.52. The van der Waals surface area contributed by atoms with Crippen molar-refractivity contribution in [3.05, 3.63) is 97.6 Å². The highest BCUT2D eigenvalue weighted by Crippen LogP contribution is 2.38. The SMILES string of the molecule is CCOc1cc(Oc2ccc(C(F)(F)F)cc2Cl)ccc1[N+](=O)[O-].Cc1cnc2c(C(=O)O)c(Cl)ccc2c1. The zero-order chi connectivity index (χ0) is 28.9. The lowest BCUT2D eigenvalue weighted by Crippen LogP contribution is -2.04. The third kappa shape index (κ3) is 7.27. The molecule has 1 aromatic heterocycles. The first-order valence-corrected chi connectivity index (χ1v) is 11.8. The van der Waals surface area contributed by atoms with Gasteiger partial charge < -0.3 is 14.6 Å². The summed E-state index contributed by atoms with van der Waals surface area (Å²) in [6.07, 6.45) is -2.89. The van der Waals surface area contributed by atoms with Crippen LogP contribution in [0, 0.1) is 17.0 Å². The van der Waals surface area contributed by atoms with Crippen molar-refractivity contribution < 1.29 is 37.5 Å². The normalized spacial score (nSPS) is 10.9. The third-order valence-corrected chi connectivity index (χ3v) is 5.68. The summed E-state index contributed by atoms with van der Waals surface area (Å²) in [5.41, 5.74) is 0.331. The molecule has 204 valence electrons. The summed E-state index contributed by atoms with van der Waals surface area (Å²) in [7, 11) is 0. The first kappa shape index (κ1) is 29.5. The largest absolute Gasteiger partial charge is 0.487 e. The highest BCUT2D eigenvalue weighted by Gasteiger charge is 2.31. The van der Waals surface area contributed by atoms with Crippen molar-refractivity contribution in [1.29, 1.82) is 0 Å². The number of pyridine rings is 1. The van der Waals surface area contributed by atoms with Crippen LogP contribution in [0.4, 0.5) is 18.9 Å². The Labute approximate surface area is 229 Å². The van der Waals surface area contributed by atoms with Crippen LogP contribution in [-0.2, 0) is 6.18 Å². The Kier molecular flexibility index (Phi) is 9.20. The van der Waals surface area contributed by atoms with Crippen LogP contribution in [0.15, 0.2) is 60.8 Å². The summed E-state index contributed by atoms with van der Waals surface area (Å²) >= 11 is 11.6. The van der Waals surface area contributed by atoms with Gasteiger partial charge in [0.25, 0.3) is 0 Å². The van der Waals surface area contributed by atoms with Gasteiger partial charge in [-0.05, 0) is 55.8 Å². The molecule has 3 aromatic carbocycles. The smallest absolute Gasteiger partial charge is 0.416 e. The van der Waals surface area contributed by atoms with E-state index < -0.39 is 22.6 Å². The number of carbonyl (C=O) groups is 1. The molecule has 0 amide bonds. The Morgan fingerprint density at radius 1 is 1.05 bits per heavy atom. The van der Waals surface area contributed by atoms with E-state index in [-0.39, 0.29) is 45.2 Å². The third-order valence-electron chi connectivity index (χ3n) is 5.07. The molecular formula is C26H19Cl2F3N2O6. The van der Waals surface area contributed by atoms with Crippen LogP contribution >= 0.6 is 23.2 Å². The number of benzene rings is 3. The summed E-state index contributed by atoms with van der Waals surface area (Å²) in [6.45, 7) is 3.76. The van der Waals surface area contributed by atoms with Gasteiger partial charge in [0.2, 0.25) is 5.75 Å². The maximum atomic E-state index is 12.6. The molecule has 0 bridgehead atoms. The predicted octanol–water partition coefficient (Wildman–Crippen LogP) is 8.35. The molecular weight excluding hydrogens is 564 g/mol. The molecule has 0 aliphatic carbocycles. The Morgan fingerprint density at radius 2 is 1.77 bits per heavy atom. The molecule has 0 aliphatic heterocycles. The van der Waals surface area contributed by atoms with Crippen LogP contribution in [0.25, 0.3) is 10.9 Å². The van der Waals surface area contributed by atoms with Crippen molar-refractivity contribution in [2.24, 2.45) is 0 Å². The fourth-order valence-electron chi connectivity index (χ4n) is 3.36. The molecule has 1 heterocycles. The summed E-state index contributed by atoms with van der Waals surface area (Å²) < 4.78 is 48.4. The maximum Gasteiger partial charge on any atom is 0.416 e. The Bertz CT molecular complexity index is 1550. The summed E-state index contributed by atoms with van der Waals surface area (Å²) in [5, 5.41) is 20.7. The van der Waals surface area contributed by atoms with Crippen LogP contribution in [0.5, 0.6) is 17.2 Å². The number of halogens is 5. The summed E-state index contributed by atoms with van der Waals surface area (Å²) in [6, 6.07) is 11.6. The van der Waals surface area contributed by atoms with E-state index in [1.54, 1.807) is 25.3 Å². The Morgan fingerprint density at radius 3 is 2.36 bits per heavy atom. The molecule has 0 atom stereocenters. The fourth-order valence-corrected chi connectivity index (χ4v) is 3.81. The van der Waals surface area contributed by atoms with Crippen molar-refractivity contribution in [3.8, 4) is 17.2 Å². The van der Waals surface area contributed by atoms with Crippen molar-refractivity contribution in [2.75, 3.05) is 6.61 Å². The molecule has 0 spiro atoms. The lowest BCUT2D eigenvalue weighted by molar-refractivity contribution is -0.385. The molecule has 4 rings (SSSR count). The lowest BCUT2D eigenvalue weighted by Gasteiger charge is -2.12. The van der Waals surface area contributed by atoms with Gasteiger partial charge in [-0.25, -0.2) is 4.79 Å². The Hall–Kier alpha value is -4.09. The molecule has 0 radical (unpaired) electrons. The second kappa shape index (κ2) is 12.2. The van der Waals surface area contributed by atoms with Gasteiger partial charge in [0, 0.05) is 23.7 Å². The van der Waals surface area contributed by atoms with Crippen molar-refractivity contribution >= 4 is 45.8 Å². The number of hydrogen-bond donors (Lipinski definition) is 1. The van der Waals surface area contributed by atoms with Crippen LogP contribution in [0.1, 0.15) is 28.4 Å². The monoisotopic (exact) mass is 582 g/mol. The van der Waals surface area contributed by atoms with Crippen LogP contribution in [0.3, 0.4) is 0 Å². The molecule has 0 saturated carbocycles. The van der Waals surface area contributed by atoms with Crippen LogP contribution in [0.2, 0.25) is 10.0 Å². The van der Waals surface area contributed by atoms with E-state index in [9.17, 15) is 28.1 Å². The lowest BCUT2D eigenvalue weighted by atomic mass is 10.1. The predicted molar refractivity (Wildman–Crippen MR) is 139 cm³/mol. The molecule has 4 aromatic rings. The quantitative estimate of drug-likeness (QED) is 0.179. The number of rotatable bonds is 6. The molecule has 0 saturated heterocycles. The van der Waals surface area contributed by atoms with Gasteiger partial charge in [-0.3, -0.25) is 15.1 Å². The van der Waals surface area contributed by atoms with Gasteiger partial charge in [-0.2, -0.15) is 13.2 Å². The van der Waals surface area contributed by atoms with Crippen molar-refractivity contribution in [2.45, 2.75) is 20.0 Å². The van der Waals surface area contributed by atoms with E-state index in [0.29, 0.717) is 5.52 Å². The highest BCUT2D eigenvalue weighted by atomic mass is 35.5.